The van der Waals surface area contributed by atoms with Crippen molar-refractivity contribution in [3.05, 3.63) is 18.2 Å². The van der Waals surface area contributed by atoms with Crippen LogP contribution in [0.1, 0.15) is 64.6 Å². The molecule has 0 fully saturated rings. The van der Waals surface area contributed by atoms with Gasteiger partial charge in [0.25, 0.3) is 5.82 Å². The molecule has 4 heteroatoms. The molecular formula is C17H30N2O2. The van der Waals surface area contributed by atoms with Crippen molar-refractivity contribution in [2.24, 2.45) is 13.0 Å². The summed E-state index contributed by atoms with van der Waals surface area (Å²) in [5.74, 6) is -0.227. The minimum absolute atomic E-state index is 0.454. The Balaban J connectivity index is 2.37. The second kappa shape index (κ2) is 9.59. The number of aromatic nitrogens is 2. The average molecular weight is 294 g/mol. The third-order valence-corrected chi connectivity index (χ3v) is 4.09. The number of nitrogens with zero attached hydrogens (tertiary/aromatic N) is 2. The van der Waals surface area contributed by atoms with Gasteiger partial charge in [-0.25, -0.2) is 9.13 Å². The smallest absolute Gasteiger partial charge is 0.256 e. The molecular weight excluding hydrogens is 264 g/mol. The van der Waals surface area contributed by atoms with Gasteiger partial charge in [-0.05, 0) is 6.42 Å². The Kier molecular flexibility index (Phi) is 8.09. The highest BCUT2D eigenvalue weighted by Gasteiger charge is 2.16. The number of unbranched alkanes of at least 4 members (excludes halogenated alkanes) is 6. The van der Waals surface area contributed by atoms with Gasteiger partial charge in [-0.2, -0.15) is 0 Å². The molecule has 1 aromatic rings. The van der Waals surface area contributed by atoms with Crippen molar-refractivity contribution in [2.45, 2.75) is 71.8 Å². The van der Waals surface area contributed by atoms with Crippen molar-refractivity contribution < 1.29 is 14.5 Å². The van der Waals surface area contributed by atoms with Crippen LogP contribution in [0.5, 0.6) is 0 Å². The van der Waals surface area contributed by atoms with Gasteiger partial charge in [0, 0.05) is 18.3 Å². The van der Waals surface area contributed by atoms with Crippen LogP contribution in [0, 0.1) is 5.92 Å². The molecule has 0 saturated carbocycles. The van der Waals surface area contributed by atoms with E-state index in [4.69, 9.17) is 0 Å². The van der Waals surface area contributed by atoms with E-state index in [1.54, 1.807) is 6.92 Å². The fourth-order valence-electron chi connectivity index (χ4n) is 2.65. The van der Waals surface area contributed by atoms with Crippen LogP contribution in [0.3, 0.4) is 0 Å². The lowest BCUT2D eigenvalue weighted by molar-refractivity contribution is -0.678. The van der Waals surface area contributed by atoms with Crippen molar-refractivity contribution in [3.8, 4) is 0 Å². The van der Waals surface area contributed by atoms with E-state index in [2.05, 4.69) is 16.1 Å². The lowest BCUT2D eigenvalue weighted by atomic mass is 10.1. The first-order valence-corrected chi connectivity index (χ1v) is 8.30. The number of hydrogen-bond donors (Lipinski definition) is 0. The summed E-state index contributed by atoms with van der Waals surface area (Å²) in [6.45, 7) is 4.43. The van der Waals surface area contributed by atoms with Crippen LogP contribution in [0.15, 0.2) is 12.4 Å². The minimum Gasteiger partial charge on any atom is -0.550 e. The molecule has 0 saturated heterocycles. The number of rotatable bonds is 11. The molecule has 1 unspecified atom stereocenters. The molecule has 0 aliphatic carbocycles. The van der Waals surface area contributed by atoms with E-state index >= 15 is 0 Å². The second-order valence-electron chi connectivity index (χ2n) is 6.07. The molecule has 0 aromatic carbocycles. The van der Waals surface area contributed by atoms with Gasteiger partial charge in [-0.15, -0.1) is 0 Å². The van der Waals surface area contributed by atoms with Gasteiger partial charge in [0.15, 0.2) is 0 Å². The Morgan fingerprint density at radius 3 is 2.48 bits per heavy atom. The molecule has 1 heterocycles. The molecule has 120 valence electrons. The standard InChI is InChI=1S/C17H30N2O2/c1-4-5-6-7-8-9-10-11-16-18(3)12-13-19(16)14-15(2)17(20)21/h12-13,15H,4-11,14H2,1-3H3. The average Bonchev–Trinajstić information content (AvgIpc) is 2.78. The molecule has 0 bridgehead atoms. The maximum absolute atomic E-state index is 10.9. The molecule has 0 aliphatic rings. The molecule has 0 amide bonds. The predicted molar refractivity (Wildman–Crippen MR) is 81.5 cm³/mol. The van der Waals surface area contributed by atoms with E-state index < -0.39 is 11.9 Å². The van der Waals surface area contributed by atoms with Crippen molar-refractivity contribution in [2.75, 3.05) is 0 Å². The number of carbonyl (C=O) groups excluding carboxylic acids is 1. The van der Waals surface area contributed by atoms with Crippen LogP contribution >= 0.6 is 0 Å². The van der Waals surface area contributed by atoms with Gasteiger partial charge in [-0.3, -0.25) is 0 Å². The van der Waals surface area contributed by atoms with E-state index in [0.29, 0.717) is 6.54 Å². The summed E-state index contributed by atoms with van der Waals surface area (Å²) in [6, 6.07) is 0. The molecule has 1 aromatic heterocycles. The van der Waals surface area contributed by atoms with E-state index in [9.17, 15) is 9.90 Å². The predicted octanol–water partition coefficient (Wildman–Crippen LogP) is 1.99. The summed E-state index contributed by atoms with van der Waals surface area (Å²) in [7, 11) is 2.02. The first-order valence-electron chi connectivity index (χ1n) is 8.30. The van der Waals surface area contributed by atoms with Gasteiger partial charge >= 0.3 is 0 Å². The number of carboxylic acids is 1. The quantitative estimate of drug-likeness (QED) is 0.463. The lowest BCUT2D eigenvalue weighted by Crippen LogP contribution is -2.35. The Morgan fingerprint density at radius 2 is 1.86 bits per heavy atom. The fraction of sp³-hybridized carbons (Fsp3) is 0.765. The molecule has 4 nitrogen and oxygen atoms in total. The van der Waals surface area contributed by atoms with E-state index in [1.165, 1.54) is 50.8 Å². The zero-order valence-electron chi connectivity index (χ0n) is 13.8. The largest absolute Gasteiger partial charge is 0.550 e. The Hall–Kier alpha value is -1.32. The number of aryl methyl sites for hydroxylation is 1. The third-order valence-electron chi connectivity index (χ3n) is 4.09. The van der Waals surface area contributed by atoms with Crippen molar-refractivity contribution in [3.63, 3.8) is 0 Å². The molecule has 0 aliphatic heterocycles. The molecule has 1 rings (SSSR count). The lowest BCUT2D eigenvalue weighted by Gasteiger charge is -2.11. The maximum Gasteiger partial charge on any atom is 0.256 e. The highest BCUT2D eigenvalue weighted by Crippen LogP contribution is 2.10. The Morgan fingerprint density at radius 1 is 1.24 bits per heavy atom. The SMILES string of the molecule is CCCCCCCCCc1n(CC(C)C(=O)[O-])cc[n+]1C. The zero-order chi connectivity index (χ0) is 15.7. The number of carboxylic acid groups (broad SMARTS) is 1. The van der Waals surface area contributed by atoms with E-state index in [1.807, 2.05) is 19.4 Å². The fourth-order valence-corrected chi connectivity index (χ4v) is 2.65. The zero-order valence-corrected chi connectivity index (χ0v) is 13.8. The summed E-state index contributed by atoms with van der Waals surface area (Å²) in [5, 5.41) is 10.9. The van der Waals surface area contributed by atoms with Crippen molar-refractivity contribution in [1.29, 1.82) is 0 Å². The topological polar surface area (TPSA) is 48.9 Å². The van der Waals surface area contributed by atoms with Gasteiger partial charge in [0.1, 0.15) is 12.4 Å². The van der Waals surface area contributed by atoms with E-state index in [0.717, 1.165) is 6.42 Å². The van der Waals surface area contributed by atoms with Gasteiger partial charge in [0.05, 0.1) is 13.6 Å². The monoisotopic (exact) mass is 294 g/mol. The molecule has 21 heavy (non-hydrogen) atoms. The van der Waals surface area contributed by atoms with Crippen LogP contribution in [-0.4, -0.2) is 10.5 Å². The number of hydrogen-bond acceptors (Lipinski definition) is 2. The van der Waals surface area contributed by atoms with Crippen molar-refractivity contribution in [1.82, 2.24) is 4.57 Å². The highest BCUT2D eigenvalue weighted by molar-refractivity contribution is 5.66. The van der Waals surface area contributed by atoms with Gasteiger partial charge < -0.3 is 9.90 Å². The Labute approximate surface area is 128 Å². The molecule has 1 atom stereocenters. The molecule has 0 radical (unpaired) electrons. The molecule has 0 N–H and O–H groups in total. The Bertz CT molecular complexity index is 426. The minimum atomic E-state index is -0.978. The van der Waals surface area contributed by atoms with Crippen LogP contribution in [-0.2, 0) is 24.8 Å². The van der Waals surface area contributed by atoms with Crippen LogP contribution in [0.25, 0.3) is 0 Å². The first kappa shape index (κ1) is 17.7. The number of carbonyl (C=O) groups is 1. The van der Waals surface area contributed by atoms with Crippen LogP contribution < -0.4 is 9.67 Å². The van der Waals surface area contributed by atoms with Gasteiger partial charge in [-0.1, -0.05) is 52.4 Å². The molecule has 0 spiro atoms. The second-order valence-corrected chi connectivity index (χ2v) is 6.07. The normalized spacial score (nSPS) is 12.5. The van der Waals surface area contributed by atoms with E-state index in [-0.39, 0.29) is 0 Å². The van der Waals surface area contributed by atoms with Crippen LogP contribution in [0.2, 0.25) is 0 Å². The summed E-state index contributed by atoms with van der Waals surface area (Å²) < 4.78 is 4.15. The first-order chi connectivity index (χ1) is 10.1. The van der Waals surface area contributed by atoms with Crippen molar-refractivity contribution >= 4 is 5.97 Å². The summed E-state index contributed by atoms with van der Waals surface area (Å²) >= 11 is 0. The van der Waals surface area contributed by atoms with Gasteiger partial charge in [0.2, 0.25) is 0 Å². The number of imidazole rings is 1. The summed E-state index contributed by atoms with van der Waals surface area (Å²) in [4.78, 5) is 10.9. The highest BCUT2D eigenvalue weighted by atomic mass is 16.4. The van der Waals surface area contributed by atoms with Crippen LogP contribution in [0.4, 0.5) is 0 Å². The summed E-state index contributed by atoms with van der Waals surface area (Å²) in [5.41, 5.74) is 0. The third kappa shape index (κ3) is 6.32. The summed E-state index contributed by atoms with van der Waals surface area (Å²) in [6.07, 6.45) is 14.0. The number of aliphatic carboxylic acids is 1. The maximum atomic E-state index is 10.9.